The molecule has 2 aromatic rings. The van der Waals surface area contributed by atoms with Crippen molar-refractivity contribution >= 4 is 29.7 Å². The second kappa shape index (κ2) is 11.0. The zero-order valence-electron chi connectivity index (χ0n) is 20.9. The number of rotatable bonds is 2. The van der Waals surface area contributed by atoms with Crippen LogP contribution in [0.3, 0.4) is 0 Å². The van der Waals surface area contributed by atoms with Crippen LogP contribution in [0.1, 0.15) is 43.2 Å². The predicted molar refractivity (Wildman–Crippen MR) is 145 cm³/mol. The van der Waals surface area contributed by atoms with Crippen molar-refractivity contribution in [3.63, 3.8) is 0 Å². The van der Waals surface area contributed by atoms with Crippen LogP contribution in [0, 0.1) is 12.1 Å². The van der Waals surface area contributed by atoms with E-state index >= 15 is 0 Å². The summed E-state index contributed by atoms with van der Waals surface area (Å²) < 4.78 is 1.79. The summed E-state index contributed by atoms with van der Waals surface area (Å²) in [6, 6.07) is 15.5. The van der Waals surface area contributed by atoms with E-state index in [9.17, 15) is 0 Å². The van der Waals surface area contributed by atoms with Gasteiger partial charge < -0.3 is 0 Å². The SMILES string of the molecule is C[Si](C)(C)c1[c-]c2c(cc1)-c1ccc([Si](C)(C)C)cc1C2.[C-]1=CC=CC1.[Zr+2]=[C]1CCCC1. The van der Waals surface area contributed by atoms with Gasteiger partial charge in [0, 0.05) is 0 Å². The summed E-state index contributed by atoms with van der Waals surface area (Å²) >= 11 is 1.68. The Morgan fingerprint density at radius 3 is 2.00 bits per heavy atom. The van der Waals surface area contributed by atoms with E-state index in [4.69, 9.17) is 0 Å². The van der Waals surface area contributed by atoms with Crippen LogP contribution in [0.15, 0.2) is 48.6 Å². The summed E-state index contributed by atoms with van der Waals surface area (Å²) in [6.07, 6.45) is 16.9. The fraction of sp³-hybridized carbons (Fsp3) is 0.414. The van der Waals surface area contributed by atoms with Crippen molar-refractivity contribution in [2.45, 2.75) is 77.8 Å². The van der Waals surface area contributed by atoms with Crippen molar-refractivity contribution in [3.05, 3.63) is 71.8 Å². The molecule has 2 aromatic carbocycles. The maximum absolute atomic E-state index is 3.74. The third-order valence-electron chi connectivity index (χ3n) is 6.26. The molecule has 1 fully saturated rings. The Bertz CT molecular complexity index is 937. The molecule has 0 nitrogen and oxygen atoms in total. The fourth-order valence-corrected chi connectivity index (χ4v) is 7.34. The molecule has 0 atom stereocenters. The van der Waals surface area contributed by atoms with Crippen molar-refractivity contribution < 1.29 is 24.2 Å². The summed E-state index contributed by atoms with van der Waals surface area (Å²) in [4.78, 5) is 0. The molecule has 0 bridgehead atoms. The van der Waals surface area contributed by atoms with Crippen molar-refractivity contribution in [1.82, 2.24) is 0 Å². The molecule has 32 heavy (non-hydrogen) atoms. The molecule has 5 rings (SSSR count). The molecule has 0 amide bonds. The van der Waals surface area contributed by atoms with Crippen LogP contribution in [0.4, 0.5) is 0 Å². The Kier molecular flexibility index (Phi) is 8.86. The molecule has 0 spiro atoms. The van der Waals surface area contributed by atoms with Crippen LogP contribution in [0.25, 0.3) is 11.1 Å². The van der Waals surface area contributed by atoms with Gasteiger partial charge in [-0.25, -0.2) is 12.2 Å². The van der Waals surface area contributed by atoms with E-state index in [1.165, 1.54) is 53.1 Å². The molecular weight excluding hydrogens is 496 g/mol. The van der Waals surface area contributed by atoms with Gasteiger partial charge in [0.2, 0.25) is 0 Å². The normalized spacial score (nSPS) is 16.2. The molecule has 0 unspecified atom stereocenters. The van der Waals surface area contributed by atoms with Crippen LogP contribution in [0.2, 0.25) is 39.3 Å². The van der Waals surface area contributed by atoms with E-state index in [1.807, 2.05) is 12.2 Å². The average Bonchev–Trinajstić information content (AvgIpc) is 3.48. The van der Waals surface area contributed by atoms with Gasteiger partial charge in [-0.2, -0.15) is 35.0 Å². The average molecular weight is 534 g/mol. The zero-order valence-corrected chi connectivity index (χ0v) is 25.3. The van der Waals surface area contributed by atoms with E-state index < -0.39 is 16.1 Å². The number of benzene rings is 2. The molecule has 0 saturated heterocycles. The molecule has 0 N–H and O–H groups in total. The minimum absolute atomic E-state index is 1.01. The van der Waals surface area contributed by atoms with Crippen molar-refractivity contribution in [2.75, 3.05) is 0 Å². The molecule has 1 saturated carbocycles. The molecule has 3 aliphatic carbocycles. The van der Waals surface area contributed by atoms with E-state index in [2.05, 4.69) is 87.8 Å². The van der Waals surface area contributed by atoms with Gasteiger partial charge in [0.1, 0.15) is 0 Å². The third kappa shape index (κ3) is 7.05. The van der Waals surface area contributed by atoms with Crippen LogP contribution in [-0.2, 0) is 30.7 Å². The zero-order chi connectivity index (χ0) is 23.4. The van der Waals surface area contributed by atoms with Gasteiger partial charge in [0.05, 0.1) is 16.1 Å². The molecule has 0 aliphatic heterocycles. The first-order chi connectivity index (χ1) is 15.1. The second-order valence-electron chi connectivity index (χ2n) is 11.1. The predicted octanol–water partition coefficient (Wildman–Crippen LogP) is 6.73. The Morgan fingerprint density at radius 2 is 1.53 bits per heavy atom. The number of allylic oxidation sites excluding steroid dienone is 4. The van der Waals surface area contributed by atoms with Crippen LogP contribution in [-0.4, -0.2) is 19.4 Å². The monoisotopic (exact) mass is 532 g/mol. The topological polar surface area (TPSA) is 0 Å². The van der Waals surface area contributed by atoms with Gasteiger partial charge in [-0.15, -0.1) is 12.0 Å². The Balaban J connectivity index is 0.000000213. The number of hydrogen-bond acceptors (Lipinski definition) is 0. The second-order valence-corrected chi connectivity index (χ2v) is 23.0. The van der Waals surface area contributed by atoms with Crippen molar-refractivity contribution in [3.8, 4) is 11.1 Å². The van der Waals surface area contributed by atoms with E-state index in [0.29, 0.717) is 0 Å². The summed E-state index contributed by atoms with van der Waals surface area (Å²) in [5, 5.41) is 3.03. The van der Waals surface area contributed by atoms with Gasteiger partial charge in [-0.05, 0) is 6.42 Å². The van der Waals surface area contributed by atoms with Crippen LogP contribution >= 0.6 is 0 Å². The summed E-state index contributed by atoms with van der Waals surface area (Å²) in [5.74, 6) is 0. The van der Waals surface area contributed by atoms with E-state index in [-0.39, 0.29) is 0 Å². The molecule has 3 aliphatic rings. The molecule has 0 heterocycles. The quantitative estimate of drug-likeness (QED) is 0.253. The maximum atomic E-state index is 3.74. The van der Waals surface area contributed by atoms with E-state index in [0.717, 1.165) is 12.8 Å². The van der Waals surface area contributed by atoms with Gasteiger partial charge in [-0.3, -0.25) is 6.08 Å². The minimum atomic E-state index is -1.27. The molecule has 0 aromatic heterocycles. The fourth-order valence-electron chi connectivity index (χ4n) is 4.17. The first-order valence-electron chi connectivity index (χ1n) is 12.0. The Hall–Kier alpha value is -0.893. The molecule has 0 radical (unpaired) electrons. The standard InChI is InChI=1S/C19H25Si2.C5H8.C5H5.Zr/c1-20(2,3)16-7-9-18-14(12-16)11-15-13-17(21(4,5)6)8-10-19(15)18;2*1-2-4-5-3-1;/h7-10,12H,11H2,1-6H3;1-4H2;1-3H,4H2;/q-1;;-1;+2. The van der Waals surface area contributed by atoms with Gasteiger partial charge in [0.15, 0.2) is 0 Å². The van der Waals surface area contributed by atoms with Crippen molar-refractivity contribution in [1.29, 1.82) is 0 Å². The summed E-state index contributed by atoms with van der Waals surface area (Å²) in [5.41, 5.74) is 5.77. The molecular formula is C29H38Si2Zr. The number of hydrogen-bond donors (Lipinski definition) is 0. The summed E-state index contributed by atoms with van der Waals surface area (Å²) in [6.45, 7) is 14.5. The Morgan fingerprint density at radius 1 is 0.844 bits per heavy atom. The van der Waals surface area contributed by atoms with Gasteiger partial charge in [0.25, 0.3) is 0 Å². The summed E-state index contributed by atoms with van der Waals surface area (Å²) in [7, 11) is -2.49. The Labute approximate surface area is 213 Å². The van der Waals surface area contributed by atoms with Gasteiger partial charge in [-0.1, -0.05) is 73.8 Å². The first-order valence-corrected chi connectivity index (χ1v) is 20.3. The number of fused-ring (bicyclic) bond motifs is 3. The first kappa shape index (κ1) is 25.7. The van der Waals surface area contributed by atoms with E-state index in [1.54, 1.807) is 32.6 Å². The third-order valence-corrected chi connectivity index (χ3v) is 11.4. The van der Waals surface area contributed by atoms with Crippen molar-refractivity contribution in [2.24, 2.45) is 0 Å². The molecule has 3 heteroatoms. The molecule has 166 valence electrons. The van der Waals surface area contributed by atoms with Gasteiger partial charge >= 0.3 is 53.1 Å². The van der Waals surface area contributed by atoms with Crippen LogP contribution < -0.4 is 10.4 Å². The van der Waals surface area contributed by atoms with Crippen LogP contribution in [0.5, 0.6) is 0 Å².